The standard InChI is InChI=1S/C9H8BrCl2NO/c1-5(10)9(14)13-8-3-6(11)2-7(12)4-8/h2-5H,1H3,(H,13,14)/t5-/m1/s1. The van der Waals surface area contributed by atoms with E-state index in [1.807, 2.05) is 0 Å². The van der Waals surface area contributed by atoms with E-state index in [2.05, 4.69) is 21.2 Å². The van der Waals surface area contributed by atoms with Crippen molar-refractivity contribution in [2.75, 3.05) is 5.32 Å². The van der Waals surface area contributed by atoms with Gasteiger partial charge in [-0.2, -0.15) is 0 Å². The van der Waals surface area contributed by atoms with Gasteiger partial charge in [-0.3, -0.25) is 4.79 Å². The summed E-state index contributed by atoms with van der Waals surface area (Å²) in [6, 6.07) is 4.89. The van der Waals surface area contributed by atoms with E-state index in [4.69, 9.17) is 23.2 Å². The first kappa shape index (κ1) is 11.8. The molecule has 0 aliphatic rings. The van der Waals surface area contributed by atoms with Crippen molar-refractivity contribution in [1.29, 1.82) is 0 Å². The highest BCUT2D eigenvalue weighted by Crippen LogP contribution is 2.22. The van der Waals surface area contributed by atoms with E-state index in [0.29, 0.717) is 15.7 Å². The fourth-order valence-electron chi connectivity index (χ4n) is 0.868. The van der Waals surface area contributed by atoms with Gasteiger partial charge in [-0.1, -0.05) is 39.1 Å². The Kier molecular flexibility index (Phi) is 4.23. The highest BCUT2D eigenvalue weighted by molar-refractivity contribution is 9.10. The molecule has 1 atom stereocenters. The largest absolute Gasteiger partial charge is 0.325 e. The lowest BCUT2D eigenvalue weighted by atomic mass is 10.3. The molecule has 0 aliphatic heterocycles. The lowest BCUT2D eigenvalue weighted by Crippen LogP contribution is -2.19. The van der Waals surface area contributed by atoms with Crippen molar-refractivity contribution >= 4 is 50.7 Å². The minimum atomic E-state index is -0.250. The first-order chi connectivity index (χ1) is 6.49. The molecule has 0 unspecified atom stereocenters. The Labute approximate surface area is 101 Å². The van der Waals surface area contributed by atoms with Crippen LogP contribution in [-0.4, -0.2) is 10.7 Å². The van der Waals surface area contributed by atoms with Crippen LogP contribution in [0.3, 0.4) is 0 Å². The summed E-state index contributed by atoms with van der Waals surface area (Å²) in [6.45, 7) is 1.74. The van der Waals surface area contributed by atoms with Gasteiger partial charge in [0.15, 0.2) is 0 Å². The average Bonchev–Trinajstić information content (AvgIpc) is 2.01. The van der Waals surface area contributed by atoms with Gasteiger partial charge in [0.1, 0.15) is 0 Å². The number of hydrogen-bond acceptors (Lipinski definition) is 1. The number of alkyl halides is 1. The maximum absolute atomic E-state index is 11.3. The van der Waals surface area contributed by atoms with E-state index in [-0.39, 0.29) is 10.7 Å². The monoisotopic (exact) mass is 295 g/mol. The number of carbonyl (C=O) groups excluding carboxylic acids is 1. The van der Waals surface area contributed by atoms with Crippen LogP contribution < -0.4 is 5.32 Å². The van der Waals surface area contributed by atoms with Crippen molar-refractivity contribution in [3.8, 4) is 0 Å². The Morgan fingerprint density at radius 2 is 1.86 bits per heavy atom. The summed E-state index contributed by atoms with van der Waals surface area (Å²) in [6.07, 6.45) is 0. The van der Waals surface area contributed by atoms with Crippen LogP contribution in [0.1, 0.15) is 6.92 Å². The van der Waals surface area contributed by atoms with Crippen LogP contribution in [0.4, 0.5) is 5.69 Å². The van der Waals surface area contributed by atoms with Gasteiger partial charge in [0.2, 0.25) is 5.91 Å². The van der Waals surface area contributed by atoms with Crippen LogP contribution in [0.2, 0.25) is 10.0 Å². The summed E-state index contributed by atoms with van der Waals surface area (Å²) in [4.78, 5) is 11.0. The van der Waals surface area contributed by atoms with Gasteiger partial charge in [0.25, 0.3) is 0 Å². The summed E-state index contributed by atoms with van der Waals surface area (Å²) in [7, 11) is 0. The predicted octanol–water partition coefficient (Wildman–Crippen LogP) is 3.72. The van der Waals surface area contributed by atoms with Gasteiger partial charge in [0, 0.05) is 15.7 Å². The molecule has 0 radical (unpaired) electrons. The normalized spacial score (nSPS) is 12.3. The quantitative estimate of drug-likeness (QED) is 0.828. The summed E-state index contributed by atoms with van der Waals surface area (Å²) < 4.78 is 0. The SMILES string of the molecule is C[C@@H](Br)C(=O)Nc1cc(Cl)cc(Cl)c1. The molecule has 5 heteroatoms. The number of amides is 1. The molecule has 1 aromatic rings. The summed E-state index contributed by atoms with van der Waals surface area (Å²) in [5.74, 6) is -0.136. The molecule has 0 saturated heterocycles. The first-order valence-corrected chi connectivity index (χ1v) is 5.57. The molecular weight excluding hydrogens is 289 g/mol. The average molecular weight is 297 g/mol. The zero-order valence-electron chi connectivity index (χ0n) is 7.35. The van der Waals surface area contributed by atoms with E-state index < -0.39 is 0 Å². The summed E-state index contributed by atoms with van der Waals surface area (Å²) in [5.41, 5.74) is 0.596. The Bertz CT molecular complexity index is 334. The van der Waals surface area contributed by atoms with Gasteiger partial charge in [0.05, 0.1) is 4.83 Å². The van der Waals surface area contributed by atoms with E-state index in [1.165, 1.54) is 0 Å². The second kappa shape index (κ2) is 5.01. The van der Waals surface area contributed by atoms with E-state index in [1.54, 1.807) is 25.1 Å². The Morgan fingerprint density at radius 3 is 2.29 bits per heavy atom. The number of anilines is 1. The van der Waals surface area contributed by atoms with Crippen LogP contribution >= 0.6 is 39.1 Å². The van der Waals surface area contributed by atoms with Crippen molar-refractivity contribution in [3.05, 3.63) is 28.2 Å². The van der Waals surface area contributed by atoms with Gasteiger partial charge in [-0.15, -0.1) is 0 Å². The molecule has 0 saturated carbocycles. The molecule has 1 N–H and O–H groups in total. The van der Waals surface area contributed by atoms with Gasteiger partial charge >= 0.3 is 0 Å². The Morgan fingerprint density at radius 1 is 1.36 bits per heavy atom. The van der Waals surface area contributed by atoms with Crippen molar-refractivity contribution in [1.82, 2.24) is 0 Å². The summed E-state index contributed by atoms with van der Waals surface area (Å²) >= 11 is 14.7. The van der Waals surface area contributed by atoms with Crippen LogP contribution in [-0.2, 0) is 4.79 Å². The lowest BCUT2D eigenvalue weighted by molar-refractivity contribution is -0.115. The van der Waals surface area contributed by atoms with Crippen LogP contribution in [0.5, 0.6) is 0 Å². The maximum atomic E-state index is 11.3. The highest BCUT2D eigenvalue weighted by atomic mass is 79.9. The molecule has 0 bridgehead atoms. The number of halogens is 3. The van der Waals surface area contributed by atoms with Crippen molar-refractivity contribution in [2.24, 2.45) is 0 Å². The summed E-state index contributed by atoms with van der Waals surface area (Å²) in [5, 5.41) is 3.66. The second-order valence-electron chi connectivity index (χ2n) is 2.76. The fourth-order valence-corrected chi connectivity index (χ4v) is 1.51. The molecule has 1 rings (SSSR count). The number of nitrogens with one attached hydrogen (secondary N) is 1. The smallest absolute Gasteiger partial charge is 0.237 e. The lowest BCUT2D eigenvalue weighted by Gasteiger charge is -2.07. The molecule has 2 nitrogen and oxygen atoms in total. The fraction of sp³-hybridized carbons (Fsp3) is 0.222. The molecule has 76 valence electrons. The number of benzene rings is 1. The minimum absolute atomic E-state index is 0.136. The van der Waals surface area contributed by atoms with Crippen molar-refractivity contribution in [3.63, 3.8) is 0 Å². The molecule has 1 aromatic carbocycles. The van der Waals surface area contributed by atoms with Gasteiger partial charge < -0.3 is 5.32 Å². The molecule has 0 fully saturated rings. The zero-order chi connectivity index (χ0) is 10.7. The second-order valence-corrected chi connectivity index (χ2v) is 5.01. The first-order valence-electron chi connectivity index (χ1n) is 3.90. The minimum Gasteiger partial charge on any atom is -0.325 e. The molecule has 0 spiro atoms. The number of carbonyl (C=O) groups is 1. The van der Waals surface area contributed by atoms with Crippen LogP contribution in [0.25, 0.3) is 0 Å². The number of hydrogen-bond donors (Lipinski definition) is 1. The molecule has 0 aliphatic carbocycles. The van der Waals surface area contributed by atoms with Crippen LogP contribution in [0, 0.1) is 0 Å². The van der Waals surface area contributed by atoms with E-state index >= 15 is 0 Å². The van der Waals surface area contributed by atoms with Crippen LogP contribution in [0.15, 0.2) is 18.2 Å². The Balaban J connectivity index is 2.82. The van der Waals surface area contributed by atoms with Gasteiger partial charge in [-0.05, 0) is 25.1 Å². The molecule has 1 amide bonds. The third-order valence-electron chi connectivity index (χ3n) is 1.49. The van der Waals surface area contributed by atoms with Gasteiger partial charge in [-0.25, -0.2) is 0 Å². The van der Waals surface area contributed by atoms with Crippen molar-refractivity contribution < 1.29 is 4.79 Å². The Hall–Kier alpha value is -0.250. The third-order valence-corrected chi connectivity index (χ3v) is 2.34. The highest BCUT2D eigenvalue weighted by Gasteiger charge is 2.09. The zero-order valence-corrected chi connectivity index (χ0v) is 10.4. The molecule has 14 heavy (non-hydrogen) atoms. The molecular formula is C9H8BrCl2NO. The number of rotatable bonds is 2. The topological polar surface area (TPSA) is 29.1 Å². The maximum Gasteiger partial charge on any atom is 0.237 e. The molecule has 0 heterocycles. The van der Waals surface area contributed by atoms with E-state index in [9.17, 15) is 4.79 Å². The molecule has 0 aromatic heterocycles. The predicted molar refractivity (Wildman–Crippen MR) is 63.5 cm³/mol. The van der Waals surface area contributed by atoms with E-state index in [0.717, 1.165) is 0 Å². The third kappa shape index (κ3) is 3.48. The van der Waals surface area contributed by atoms with Crippen molar-refractivity contribution in [2.45, 2.75) is 11.8 Å².